The zero-order valence-corrected chi connectivity index (χ0v) is 41.2. The van der Waals surface area contributed by atoms with Crippen LogP contribution in [0.15, 0.2) is 128 Å². The van der Waals surface area contributed by atoms with Crippen molar-refractivity contribution in [2.45, 2.75) is 51.4 Å². The summed E-state index contributed by atoms with van der Waals surface area (Å²) in [5.74, 6) is -0.387. The van der Waals surface area contributed by atoms with Gasteiger partial charge in [0.05, 0.1) is 22.4 Å². The van der Waals surface area contributed by atoms with Crippen LogP contribution in [0.25, 0.3) is 6.08 Å². The van der Waals surface area contributed by atoms with Gasteiger partial charge >= 0.3 is 10.0 Å². The molecule has 357 valence electrons. The van der Waals surface area contributed by atoms with Crippen molar-refractivity contribution in [3.8, 4) is 5.75 Å². The fraction of sp³-hybridized carbons (Fsp3) is 0.267. The molecule has 68 heavy (non-hydrogen) atoms. The molecular formula is C45H44BrCoN10O9S2-. The number of benzene rings is 2. The van der Waals surface area contributed by atoms with Gasteiger partial charge in [0.1, 0.15) is 35.7 Å². The molecule has 23 heteroatoms. The Labute approximate surface area is 416 Å². The summed E-state index contributed by atoms with van der Waals surface area (Å²) in [4.78, 5) is 51.3. The van der Waals surface area contributed by atoms with Gasteiger partial charge in [-0.25, -0.2) is 0 Å². The number of methoxy groups -OCH3 is 1. The standard InChI is InChI=1S/C27H34BrN2O.2C9H6N4O4S.Co/c1-5-30(6-2)22-13-10-20(25(19-22)31-4)11-15-26-27(16-8-7-9-17-27)23-18-21(28)12-14-24(23)29(26)3;2*14-5-1-2-6(7(15)3-5)11-12-9-10-4-8(18-9)13(16)17;/h10-15,18-19H,5-9,16-17H2,1-4H3;2*1-4H,(H2,10,12,14,15);/q+1;;;/p-2. The van der Waals surface area contributed by atoms with Crippen molar-refractivity contribution in [1.82, 2.24) is 9.97 Å². The maximum atomic E-state index is 10.9. The van der Waals surface area contributed by atoms with Crippen molar-refractivity contribution >= 4 is 94.8 Å². The van der Waals surface area contributed by atoms with E-state index in [1.807, 2.05) is 0 Å². The fourth-order valence-corrected chi connectivity index (χ4v) is 9.13. The van der Waals surface area contributed by atoms with Crippen LogP contribution in [0.3, 0.4) is 0 Å². The average Bonchev–Trinajstić information content (AvgIpc) is 4.05. The molecule has 2 N–H and O–H groups in total. The Bertz CT molecular complexity index is 2870. The van der Waals surface area contributed by atoms with Crippen LogP contribution in [0.4, 0.5) is 21.4 Å². The molecule has 1 aliphatic heterocycles. The SMILES string of the molecule is CCN(CC)c1ccc(/C=C/C2=[N+](C)c3ccc(Br)cc3C23CCCCC3)c(OC)c1.O=C1C=CC(=NN=c2[n-]cc([N+](=O)[O-])s2)C(O)=C1.O=C1C=CC(=NN=c2[n-]cc([N+](=O)[O-])s2)C(O)=C1.[Co]. The molecule has 3 heterocycles. The molecule has 19 nitrogen and oxygen atoms in total. The first-order valence-corrected chi connectivity index (χ1v) is 23.1. The summed E-state index contributed by atoms with van der Waals surface area (Å²) < 4.78 is 9.35. The van der Waals surface area contributed by atoms with Crippen molar-refractivity contribution in [3.63, 3.8) is 0 Å². The summed E-state index contributed by atoms with van der Waals surface area (Å²) >= 11 is 5.22. The molecule has 2 aromatic carbocycles. The Morgan fingerprint density at radius 1 is 0.824 bits per heavy atom. The number of carbonyl (C=O) groups excluding carboxylic acids is 2. The summed E-state index contributed by atoms with van der Waals surface area (Å²) in [7, 11) is 3.99. The van der Waals surface area contributed by atoms with Gasteiger partial charge in [0.2, 0.25) is 5.69 Å². The Morgan fingerprint density at radius 3 is 1.84 bits per heavy atom. The van der Waals surface area contributed by atoms with E-state index < -0.39 is 9.85 Å². The number of allylic oxidation sites excluding steroid dienone is 7. The molecule has 1 radical (unpaired) electrons. The predicted molar refractivity (Wildman–Crippen MR) is 260 cm³/mol. The quantitative estimate of drug-likeness (QED) is 0.0667. The van der Waals surface area contributed by atoms with Crippen molar-refractivity contribution in [3.05, 3.63) is 148 Å². The van der Waals surface area contributed by atoms with Crippen LogP contribution in [0.1, 0.15) is 57.1 Å². The van der Waals surface area contributed by atoms with Crippen molar-refractivity contribution in [2.24, 2.45) is 20.4 Å². The third-order valence-corrected chi connectivity index (χ3v) is 13.0. The van der Waals surface area contributed by atoms with Crippen LogP contribution in [0.2, 0.25) is 0 Å². The van der Waals surface area contributed by atoms with Gasteiger partial charge in [-0.1, -0.05) is 57.9 Å². The van der Waals surface area contributed by atoms with E-state index in [1.54, 1.807) is 7.11 Å². The Morgan fingerprint density at radius 2 is 1.37 bits per heavy atom. The van der Waals surface area contributed by atoms with Crippen molar-refractivity contribution < 1.29 is 55.7 Å². The molecule has 0 saturated heterocycles. The van der Waals surface area contributed by atoms with E-state index in [0.29, 0.717) is 0 Å². The van der Waals surface area contributed by atoms with Gasteiger partial charge in [-0.3, -0.25) is 40.0 Å². The summed E-state index contributed by atoms with van der Waals surface area (Å²) in [6.45, 7) is 6.37. The van der Waals surface area contributed by atoms with Crippen LogP contribution in [-0.4, -0.2) is 80.6 Å². The van der Waals surface area contributed by atoms with Crippen LogP contribution in [0.5, 0.6) is 5.75 Å². The Hall–Kier alpha value is -6.66. The zero-order chi connectivity index (χ0) is 48.3. The molecule has 0 atom stereocenters. The summed E-state index contributed by atoms with van der Waals surface area (Å²) in [5, 5.41) is 53.9. The van der Waals surface area contributed by atoms with E-state index in [4.69, 9.17) is 4.74 Å². The number of aliphatic hydroxyl groups is 2. The van der Waals surface area contributed by atoms with E-state index in [2.05, 4.69) is 125 Å². The third kappa shape index (κ3) is 12.7. The third-order valence-electron chi connectivity index (χ3n) is 10.9. The maximum absolute atomic E-state index is 10.9. The number of hydrogen-bond acceptors (Lipinski definition) is 16. The molecule has 4 aromatic rings. The van der Waals surface area contributed by atoms with Crippen molar-refractivity contribution in [1.29, 1.82) is 0 Å². The second-order valence-electron chi connectivity index (χ2n) is 14.9. The van der Waals surface area contributed by atoms with Crippen LogP contribution >= 0.6 is 38.6 Å². The van der Waals surface area contributed by atoms with E-state index in [9.17, 15) is 40.0 Å². The molecule has 1 fully saturated rings. The number of anilines is 1. The summed E-state index contributed by atoms with van der Waals surface area (Å²) in [6.07, 6.45) is 20.1. The minimum atomic E-state index is -0.583. The number of carbonyl (C=O) groups is 2. The number of aromatic nitrogens is 2. The number of fused-ring (bicyclic) bond motifs is 2. The van der Waals surface area contributed by atoms with E-state index >= 15 is 0 Å². The molecule has 8 rings (SSSR count). The topological polar surface area (TPSA) is 254 Å². The molecule has 1 saturated carbocycles. The van der Waals surface area contributed by atoms with Crippen LogP contribution in [0, 0.1) is 20.2 Å². The Kier molecular flexibility index (Phi) is 18.4. The molecule has 0 amide bonds. The number of rotatable bonds is 10. The molecule has 0 unspecified atom stereocenters. The molecule has 3 aliphatic carbocycles. The molecule has 2 aromatic heterocycles. The number of thiazole rings is 2. The van der Waals surface area contributed by atoms with E-state index in [-0.39, 0.29) is 76.3 Å². The van der Waals surface area contributed by atoms with E-state index in [0.717, 1.165) is 71.6 Å². The molecular weight excluding hydrogens is 1030 g/mol. The molecule has 0 bridgehead atoms. The smallest absolute Gasteiger partial charge is 0.319 e. The number of ether oxygens (including phenoxy) is 1. The van der Waals surface area contributed by atoms with Gasteiger partial charge in [0.15, 0.2) is 17.3 Å². The predicted octanol–water partition coefficient (Wildman–Crippen LogP) is 7.85. The number of nitro groups is 2. The summed E-state index contributed by atoms with van der Waals surface area (Å²) in [6, 6.07) is 13.3. The second-order valence-corrected chi connectivity index (χ2v) is 17.7. The summed E-state index contributed by atoms with van der Waals surface area (Å²) in [5.41, 5.74) is 6.88. The fourth-order valence-electron chi connectivity index (χ4n) is 7.66. The van der Waals surface area contributed by atoms with Crippen molar-refractivity contribution in [2.75, 3.05) is 32.1 Å². The number of halogens is 1. The largest absolute Gasteiger partial charge is 0.506 e. The van der Waals surface area contributed by atoms with Gasteiger partial charge in [-0.05, 0) is 81.3 Å². The zero-order valence-electron chi connectivity index (χ0n) is 36.9. The molecule has 4 aliphatic rings. The first-order valence-electron chi connectivity index (χ1n) is 20.7. The van der Waals surface area contributed by atoms with Gasteiger partial charge in [-0.15, -0.1) is 0 Å². The van der Waals surface area contributed by atoms with Gasteiger partial charge in [-0.2, -0.15) is 4.58 Å². The minimum absolute atomic E-state index is 0. The first kappa shape index (κ1) is 52.3. The van der Waals surface area contributed by atoms with Gasteiger partial charge in [0, 0.05) is 104 Å². The van der Waals surface area contributed by atoms with Gasteiger partial charge < -0.3 is 40.0 Å². The normalized spacial score (nSPS) is 17.6. The number of nitrogens with zero attached hydrogens (tertiary/aromatic N) is 10. The second kappa shape index (κ2) is 23.9. The monoisotopic (exact) mass is 1070 g/mol. The number of hydrogen-bond donors (Lipinski definition) is 2. The first-order chi connectivity index (χ1) is 32.2. The van der Waals surface area contributed by atoms with E-state index in [1.165, 1.54) is 83.5 Å². The van der Waals surface area contributed by atoms with Gasteiger partial charge in [0.25, 0.3) is 0 Å². The number of ketones is 2. The van der Waals surface area contributed by atoms with Crippen LogP contribution < -0.4 is 29.2 Å². The molecule has 1 spiro atoms. The average molecular weight is 1070 g/mol. The Balaban J connectivity index is 0.000000201. The number of aliphatic hydroxyl groups excluding tert-OH is 2. The maximum Gasteiger partial charge on any atom is 0.319 e. The van der Waals surface area contributed by atoms with Crippen LogP contribution in [-0.2, 0) is 31.8 Å². The minimum Gasteiger partial charge on any atom is -0.506 e.